The maximum Gasteiger partial charge on any atom is 0.251 e. The minimum Gasteiger partial charge on any atom is -0.349 e. The zero-order valence-corrected chi connectivity index (χ0v) is 19.5. The Morgan fingerprint density at radius 3 is 2.61 bits per heavy atom. The third kappa shape index (κ3) is 5.06. The fourth-order valence-electron chi connectivity index (χ4n) is 4.84. The van der Waals surface area contributed by atoms with Gasteiger partial charge < -0.3 is 5.32 Å². The number of nitrogens with one attached hydrogen (secondary N) is 1. The largest absolute Gasteiger partial charge is 0.349 e. The molecule has 0 radical (unpaired) electrons. The second-order valence-electron chi connectivity index (χ2n) is 8.90. The summed E-state index contributed by atoms with van der Waals surface area (Å²) in [6.45, 7) is 0. The number of amides is 1. The number of hydrogen-bond donors (Lipinski definition) is 1. The Hall–Kier alpha value is -2.85. The van der Waals surface area contributed by atoms with Crippen LogP contribution in [0.4, 0.5) is 4.39 Å². The topological polar surface area (TPSA) is 29.1 Å². The van der Waals surface area contributed by atoms with E-state index in [1.807, 2.05) is 24.3 Å². The van der Waals surface area contributed by atoms with Gasteiger partial charge in [0.2, 0.25) is 0 Å². The van der Waals surface area contributed by atoms with Crippen LogP contribution < -0.4 is 5.32 Å². The minimum atomic E-state index is -0.227. The molecule has 3 aromatic rings. The van der Waals surface area contributed by atoms with Crippen molar-refractivity contribution >= 4 is 23.2 Å². The second-order valence-corrected chi connectivity index (χ2v) is 9.98. The Bertz CT molecular complexity index is 1200. The lowest BCUT2D eigenvalue weighted by atomic mass is 9.95. The predicted molar refractivity (Wildman–Crippen MR) is 133 cm³/mol. The van der Waals surface area contributed by atoms with Gasteiger partial charge in [-0.1, -0.05) is 67.4 Å². The minimum absolute atomic E-state index is 0.0333. The number of carbonyl (C=O) groups excluding carboxylic acids is 1. The molecule has 3 aromatic carbocycles. The lowest BCUT2D eigenvalue weighted by Gasteiger charge is -2.23. The van der Waals surface area contributed by atoms with E-state index in [0.717, 1.165) is 52.8 Å². The van der Waals surface area contributed by atoms with Crippen LogP contribution in [0.3, 0.4) is 0 Å². The summed E-state index contributed by atoms with van der Waals surface area (Å²) >= 11 is 1.72. The molecular formula is C29H28FNOS. The summed E-state index contributed by atoms with van der Waals surface area (Å²) in [6, 6.07) is 21.5. The second kappa shape index (κ2) is 9.96. The maximum absolute atomic E-state index is 14.0. The van der Waals surface area contributed by atoms with E-state index < -0.39 is 0 Å². The first kappa shape index (κ1) is 22.0. The van der Waals surface area contributed by atoms with E-state index in [2.05, 4.69) is 35.7 Å². The van der Waals surface area contributed by atoms with Crippen LogP contribution in [0.15, 0.2) is 82.6 Å². The van der Waals surface area contributed by atoms with E-state index >= 15 is 0 Å². The predicted octanol–water partition coefficient (Wildman–Crippen LogP) is 7.42. The van der Waals surface area contributed by atoms with Gasteiger partial charge in [0.05, 0.1) is 0 Å². The molecule has 1 aliphatic heterocycles. The summed E-state index contributed by atoms with van der Waals surface area (Å²) in [4.78, 5) is 15.2. The summed E-state index contributed by atoms with van der Waals surface area (Å²) in [5.74, 6) is -0.193. The number of benzene rings is 3. The molecule has 168 valence electrons. The molecule has 0 bridgehead atoms. The highest BCUT2D eigenvalue weighted by Crippen LogP contribution is 2.40. The first-order chi connectivity index (χ1) is 16.2. The van der Waals surface area contributed by atoms with Crippen molar-refractivity contribution in [3.63, 3.8) is 0 Å². The molecule has 2 aliphatic rings. The van der Waals surface area contributed by atoms with Gasteiger partial charge in [0.25, 0.3) is 5.91 Å². The average molecular weight is 458 g/mol. The SMILES string of the molecule is O=C(NC1CCCCC1)c1ccc2c(c1)CC/C=C(\c1cccc(F)c1)c1ccccc1S2. The molecule has 1 fully saturated rings. The van der Waals surface area contributed by atoms with Crippen molar-refractivity contribution in [2.45, 2.75) is 60.8 Å². The van der Waals surface area contributed by atoms with Crippen LogP contribution in [0.1, 0.15) is 65.6 Å². The maximum atomic E-state index is 14.0. The molecule has 0 spiro atoms. The van der Waals surface area contributed by atoms with Crippen molar-refractivity contribution in [3.05, 3.63) is 101 Å². The first-order valence-corrected chi connectivity index (χ1v) is 12.7. The first-order valence-electron chi connectivity index (χ1n) is 11.8. The third-order valence-electron chi connectivity index (χ3n) is 6.56. The van der Waals surface area contributed by atoms with Gasteiger partial charge >= 0.3 is 0 Å². The van der Waals surface area contributed by atoms with Gasteiger partial charge in [-0.25, -0.2) is 4.39 Å². The molecule has 1 N–H and O–H groups in total. The van der Waals surface area contributed by atoms with Crippen LogP contribution in [0, 0.1) is 5.82 Å². The van der Waals surface area contributed by atoms with Gasteiger partial charge in [0.1, 0.15) is 5.82 Å². The highest BCUT2D eigenvalue weighted by atomic mass is 32.2. The van der Waals surface area contributed by atoms with Crippen molar-refractivity contribution in [1.29, 1.82) is 0 Å². The molecule has 1 saturated carbocycles. The van der Waals surface area contributed by atoms with Crippen LogP contribution in [-0.4, -0.2) is 11.9 Å². The summed E-state index contributed by atoms with van der Waals surface area (Å²) < 4.78 is 14.0. The molecule has 0 unspecified atom stereocenters. The Labute approximate surface area is 199 Å². The van der Waals surface area contributed by atoms with Crippen LogP contribution in [0.5, 0.6) is 0 Å². The number of halogens is 1. The monoisotopic (exact) mass is 457 g/mol. The number of fused-ring (bicyclic) bond motifs is 2. The molecule has 1 aliphatic carbocycles. The van der Waals surface area contributed by atoms with E-state index in [-0.39, 0.29) is 11.7 Å². The van der Waals surface area contributed by atoms with Crippen LogP contribution in [0.2, 0.25) is 0 Å². The molecule has 5 rings (SSSR count). The number of aryl methyl sites for hydroxylation is 1. The Morgan fingerprint density at radius 1 is 0.909 bits per heavy atom. The third-order valence-corrected chi connectivity index (χ3v) is 7.75. The standard InChI is InChI=1S/C29H28FNOS/c30-23-10-6-8-20(19-23)25-14-7-9-21-18-22(29(32)31-24-11-2-1-3-12-24)16-17-27(21)33-28-15-5-4-13-26(25)28/h4-6,8,10,13-19,24H,1-3,7,9,11-12H2,(H,31,32)/b25-14+. The lowest BCUT2D eigenvalue weighted by molar-refractivity contribution is 0.0927. The fourth-order valence-corrected chi connectivity index (χ4v) is 5.94. The van der Waals surface area contributed by atoms with E-state index in [1.165, 1.54) is 35.8 Å². The number of hydrogen-bond acceptors (Lipinski definition) is 2. The van der Waals surface area contributed by atoms with E-state index in [4.69, 9.17) is 0 Å². The van der Waals surface area contributed by atoms with Gasteiger partial charge in [-0.2, -0.15) is 0 Å². The molecule has 0 saturated heterocycles. The van der Waals surface area contributed by atoms with Gasteiger partial charge in [0, 0.05) is 21.4 Å². The molecule has 2 nitrogen and oxygen atoms in total. The normalized spacial score (nSPS) is 18.0. The Balaban J connectivity index is 1.46. The fraction of sp³-hybridized carbons (Fsp3) is 0.276. The lowest BCUT2D eigenvalue weighted by Crippen LogP contribution is -2.36. The van der Waals surface area contributed by atoms with Crippen molar-refractivity contribution in [1.82, 2.24) is 5.32 Å². The van der Waals surface area contributed by atoms with Crippen molar-refractivity contribution in [2.75, 3.05) is 0 Å². The quantitative estimate of drug-likeness (QED) is 0.443. The Morgan fingerprint density at radius 2 is 1.76 bits per heavy atom. The van der Waals surface area contributed by atoms with Crippen molar-refractivity contribution in [3.8, 4) is 0 Å². The average Bonchev–Trinajstić information content (AvgIpc) is 2.91. The van der Waals surface area contributed by atoms with Gasteiger partial charge in [0.15, 0.2) is 0 Å². The van der Waals surface area contributed by atoms with Gasteiger partial charge in [-0.15, -0.1) is 0 Å². The molecule has 4 heteroatoms. The molecular weight excluding hydrogens is 429 g/mol. The zero-order chi connectivity index (χ0) is 22.6. The highest BCUT2D eigenvalue weighted by molar-refractivity contribution is 7.99. The van der Waals surface area contributed by atoms with Crippen LogP contribution >= 0.6 is 11.8 Å². The summed E-state index contributed by atoms with van der Waals surface area (Å²) in [7, 11) is 0. The van der Waals surface area contributed by atoms with E-state index in [0.29, 0.717) is 6.04 Å². The number of allylic oxidation sites excluding steroid dienone is 1. The van der Waals surface area contributed by atoms with Gasteiger partial charge in [-0.3, -0.25) is 4.79 Å². The summed E-state index contributed by atoms with van der Waals surface area (Å²) in [5, 5.41) is 3.24. The Kier molecular flexibility index (Phi) is 6.63. The molecule has 1 amide bonds. The summed E-state index contributed by atoms with van der Waals surface area (Å²) in [5.41, 5.74) is 4.98. The van der Waals surface area contributed by atoms with Crippen molar-refractivity contribution < 1.29 is 9.18 Å². The number of rotatable bonds is 3. The van der Waals surface area contributed by atoms with Crippen LogP contribution in [-0.2, 0) is 6.42 Å². The molecule has 1 heterocycles. The molecule has 0 aromatic heterocycles. The molecule has 0 atom stereocenters. The smallest absolute Gasteiger partial charge is 0.251 e. The van der Waals surface area contributed by atoms with Crippen LogP contribution in [0.25, 0.3) is 5.57 Å². The summed E-state index contributed by atoms with van der Waals surface area (Å²) in [6.07, 6.45) is 9.69. The van der Waals surface area contributed by atoms with Crippen molar-refractivity contribution in [2.24, 2.45) is 0 Å². The van der Waals surface area contributed by atoms with E-state index in [9.17, 15) is 9.18 Å². The number of carbonyl (C=O) groups is 1. The zero-order valence-electron chi connectivity index (χ0n) is 18.6. The van der Waals surface area contributed by atoms with Gasteiger partial charge in [-0.05, 0) is 84.3 Å². The molecule has 33 heavy (non-hydrogen) atoms. The van der Waals surface area contributed by atoms with E-state index in [1.54, 1.807) is 23.9 Å². The highest BCUT2D eigenvalue weighted by Gasteiger charge is 2.19.